The number of carboxylic acids is 1. The summed E-state index contributed by atoms with van der Waals surface area (Å²) in [6.07, 6.45) is 16.4. The van der Waals surface area contributed by atoms with Crippen LogP contribution in [0.4, 0.5) is 34.9 Å². The first kappa shape index (κ1) is 61.0. The number of carbonyl (C=O) groups excluding carboxylic acids is 4. The summed E-state index contributed by atoms with van der Waals surface area (Å²) >= 11 is 14.5. The number of nitriles is 1. The molecular weight excluding hydrogens is 1140 g/mol. The van der Waals surface area contributed by atoms with Gasteiger partial charge in [0.1, 0.15) is 6.04 Å². The highest BCUT2D eigenvalue weighted by Crippen LogP contribution is 2.40. The molecule has 13 rings (SSSR count). The minimum atomic E-state index is -1.14. The molecule has 6 aromatic rings. The van der Waals surface area contributed by atoms with Crippen LogP contribution in [0.5, 0.6) is 0 Å². The van der Waals surface area contributed by atoms with Crippen molar-refractivity contribution in [2.45, 2.75) is 115 Å². The van der Waals surface area contributed by atoms with Gasteiger partial charge in [-0.3, -0.25) is 19.2 Å². The molecule has 10 heterocycles. The molecule has 4 fully saturated rings. The molecule has 25 heteroatoms. The number of aromatic nitrogens is 6. The number of nitrogens with one attached hydrogen (secondary N) is 1. The summed E-state index contributed by atoms with van der Waals surface area (Å²) in [7, 11) is 0. The first-order chi connectivity index (χ1) is 39.4. The zero-order chi connectivity index (χ0) is 58.4. The van der Waals surface area contributed by atoms with E-state index in [2.05, 4.69) is 79.4 Å². The zero-order valence-electron chi connectivity index (χ0n) is 45.5. The first-order valence-electron chi connectivity index (χ1n) is 26.7. The number of carboxylic acid groups (broad SMARTS) is 1. The van der Waals surface area contributed by atoms with Crippen molar-refractivity contribution in [3.05, 3.63) is 153 Å². The highest BCUT2D eigenvalue weighted by atomic mass is 35.5. The Balaban J connectivity index is 0.000000145. The normalized spacial score (nSPS) is 20.4. The molecule has 4 bridgehead atoms. The Hall–Kier alpha value is -8.05. The van der Waals surface area contributed by atoms with Crippen LogP contribution in [-0.4, -0.2) is 128 Å². The lowest BCUT2D eigenvalue weighted by molar-refractivity contribution is -0.127. The number of benzene rings is 3. The van der Waals surface area contributed by atoms with E-state index in [4.69, 9.17) is 29.0 Å². The monoisotopic (exact) mass is 1200 g/mol. The lowest BCUT2D eigenvalue weighted by Crippen LogP contribution is -2.43. The summed E-state index contributed by atoms with van der Waals surface area (Å²) in [6, 6.07) is 23.8. The maximum Gasteiger partial charge on any atom is 0.335 e. The van der Waals surface area contributed by atoms with Crippen molar-refractivity contribution < 1.29 is 29.1 Å². The fourth-order valence-electron chi connectivity index (χ4n) is 11.6. The molecule has 0 saturated carbocycles. The summed E-state index contributed by atoms with van der Waals surface area (Å²) in [5.41, 5.74) is 16.5. The van der Waals surface area contributed by atoms with Crippen LogP contribution in [-0.2, 0) is 28.9 Å². The van der Waals surface area contributed by atoms with Crippen molar-refractivity contribution in [2.75, 3.05) is 34.3 Å². The Morgan fingerprint density at radius 1 is 0.639 bits per heavy atom. The fraction of sp³-hybridized carbons (Fsp3) is 0.362. The van der Waals surface area contributed by atoms with E-state index >= 15 is 0 Å². The average molecular weight is 1200 g/mol. The Morgan fingerprint density at radius 3 is 1.45 bits per heavy atom. The van der Waals surface area contributed by atoms with Crippen LogP contribution in [0, 0.1) is 38.8 Å². The van der Waals surface area contributed by atoms with Gasteiger partial charge in [-0.05, 0) is 203 Å². The van der Waals surface area contributed by atoms with Crippen molar-refractivity contribution in [1.29, 1.82) is 5.26 Å². The number of carbonyl (C=O) groups is 5. The standard InChI is InChI=1S/C21H22N6O.C14H12ClN3O.C14H13N3O2.C7H11N3.C2Cl2O2.ClH/c1-13-6-8-23-21(24-13)26-9-7-14-10-15(2-4-18(14)26)20(28)25-17-11-16-3-5-19(17)27(16)12-22;1-9-4-6-16-14(17-9)18-7-5-10-8-11(13(15)19)2-3-12(10)18;1-9-4-6-15-14(16-9)17-7-5-10-8-11(13(18)19)2-3-12(10)17;1-9-10-5-2-3-7(10)6(8)4-5;3-1(5)2(4)6;/h2,4,6,8,10,16-17,19H,3,5,7,9,11H2,1H3,(H,25,28);2-4,6,8H,5,7H2,1H3;2-4,6,8H,5,7H2,1H3,(H,18,19);5-7H,2-4,8H2;;1H. The van der Waals surface area contributed by atoms with Crippen LogP contribution in [0.2, 0.25) is 0 Å². The van der Waals surface area contributed by atoms with E-state index < -0.39 is 21.7 Å². The molecule has 7 aliphatic rings. The van der Waals surface area contributed by atoms with Crippen LogP contribution in [0.3, 0.4) is 0 Å². The SMILES string of the molecule is Cc1ccnc(N2CCc3cc(C(=O)Cl)ccc32)n1.Cc1ccnc(N2CCc3cc(C(=O)NC4CC5CCC4N5C#N)ccc32)n1.Cc1ccnc(N2CCc3cc(C(=O)O)ccc32)n1.Cl.O=C(Cl)C(=O)Cl.[C-]#[N+]N1C2CCC1C(N)C2. The van der Waals surface area contributed by atoms with E-state index in [9.17, 15) is 29.2 Å². The third-order valence-electron chi connectivity index (χ3n) is 15.5. The molecule has 0 radical (unpaired) electrons. The molecular formula is C58H59Cl4N15O6. The number of hydrogen-bond acceptors (Lipinski definition) is 18. The second kappa shape index (κ2) is 26.9. The fourth-order valence-corrected chi connectivity index (χ4v) is 11.8. The Kier molecular flexibility index (Phi) is 19.8. The molecule has 3 aromatic carbocycles. The average Bonchev–Trinajstić information content (AvgIpc) is 4.56. The number of fused-ring (bicyclic) bond motifs is 7. The van der Waals surface area contributed by atoms with Gasteiger partial charge in [0.15, 0.2) is 6.19 Å². The van der Waals surface area contributed by atoms with Gasteiger partial charge in [-0.15, -0.1) is 17.4 Å². The molecule has 6 atom stereocenters. The van der Waals surface area contributed by atoms with Gasteiger partial charge in [0.2, 0.25) is 17.8 Å². The van der Waals surface area contributed by atoms with Crippen LogP contribution in [0.15, 0.2) is 91.4 Å². The van der Waals surface area contributed by atoms with Gasteiger partial charge < -0.3 is 35.8 Å². The van der Waals surface area contributed by atoms with Crippen molar-refractivity contribution in [1.82, 2.24) is 45.1 Å². The molecule has 7 aliphatic heterocycles. The van der Waals surface area contributed by atoms with Gasteiger partial charge in [-0.2, -0.15) is 16.8 Å². The van der Waals surface area contributed by atoms with Gasteiger partial charge in [-0.25, -0.2) is 34.7 Å². The Labute approximate surface area is 501 Å². The predicted octanol–water partition coefficient (Wildman–Crippen LogP) is 8.65. The zero-order valence-corrected chi connectivity index (χ0v) is 48.6. The second-order valence-electron chi connectivity index (χ2n) is 20.7. The summed E-state index contributed by atoms with van der Waals surface area (Å²) < 4.78 is 0. The van der Waals surface area contributed by atoms with Gasteiger partial charge >= 0.3 is 16.5 Å². The number of nitrogens with zero attached hydrogens (tertiary/aromatic N) is 13. The van der Waals surface area contributed by atoms with Crippen LogP contribution in [0.1, 0.15) is 103 Å². The summed E-state index contributed by atoms with van der Waals surface area (Å²) in [5.74, 6) is 1.12. The lowest BCUT2D eigenvalue weighted by Gasteiger charge is -2.22. The number of rotatable bonds is 8. The molecule has 4 N–H and O–H groups in total. The highest BCUT2D eigenvalue weighted by Gasteiger charge is 2.49. The Morgan fingerprint density at radius 2 is 1.07 bits per heavy atom. The van der Waals surface area contributed by atoms with E-state index in [0.29, 0.717) is 52.7 Å². The lowest BCUT2D eigenvalue weighted by atomic mass is 9.95. The highest BCUT2D eigenvalue weighted by molar-refractivity contribution is 6.97. The number of amides is 1. The number of halogens is 4. The van der Waals surface area contributed by atoms with Crippen LogP contribution in [0.25, 0.3) is 4.95 Å². The van der Waals surface area contributed by atoms with Crippen molar-refractivity contribution in [3.8, 4) is 6.19 Å². The van der Waals surface area contributed by atoms with E-state index in [1.807, 2.05) is 90.2 Å². The van der Waals surface area contributed by atoms with Gasteiger partial charge in [0.25, 0.3) is 11.1 Å². The summed E-state index contributed by atoms with van der Waals surface area (Å²) in [5, 5.41) is 20.6. The van der Waals surface area contributed by atoms with Crippen molar-refractivity contribution >= 4 is 110 Å². The number of hydrogen-bond donors (Lipinski definition) is 3. The molecule has 1 amide bonds. The van der Waals surface area contributed by atoms with Gasteiger partial charge in [0, 0.05) is 95.6 Å². The van der Waals surface area contributed by atoms with Crippen LogP contribution >= 0.6 is 47.2 Å². The van der Waals surface area contributed by atoms with E-state index in [-0.39, 0.29) is 36.4 Å². The molecule has 0 spiro atoms. The quantitative estimate of drug-likeness (QED) is 0.0557. The third kappa shape index (κ3) is 13.9. The smallest absolute Gasteiger partial charge is 0.335 e. The predicted molar refractivity (Wildman–Crippen MR) is 316 cm³/mol. The van der Waals surface area contributed by atoms with Crippen molar-refractivity contribution in [2.24, 2.45) is 5.73 Å². The van der Waals surface area contributed by atoms with E-state index in [0.717, 1.165) is 122 Å². The molecule has 4 saturated heterocycles. The molecule has 83 heavy (non-hydrogen) atoms. The molecule has 0 aliphatic carbocycles. The minimum Gasteiger partial charge on any atom is -0.478 e. The minimum absolute atomic E-state index is 0. The molecule has 3 aromatic heterocycles. The van der Waals surface area contributed by atoms with Crippen molar-refractivity contribution in [3.63, 3.8) is 0 Å². The van der Waals surface area contributed by atoms with E-state index in [1.54, 1.807) is 36.8 Å². The molecule has 6 unspecified atom stereocenters. The Bertz CT molecular complexity index is 3400. The van der Waals surface area contributed by atoms with E-state index in [1.165, 1.54) is 6.42 Å². The van der Waals surface area contributed by atoms with Gasteiger partial charge in [0.05, 0.1) is 23.7 Å². The van der Waals surface area contributed by atoms with Crippen LogP contribution < -0.4 is 25.8 Å². The summed E-state index contributed by atoms with van der Waals surface area (Å²) in [6.45, 7) is 15.1. The van der Waals surface area contributed by atoms with Gasteiger partial charge in [-0.1, -0.05) is 0 Å². The maximum absolute atomic E-state index is 12.8. The number of aryl methyl sites for hydroxylation is 3. The maximum atomic E-state index is 12.8. The largest absolute Gasteiger partial charge is 0.478 e. The molecule has 430 valence electrons. The topological polar surface area (TPSA) is 265 Å². The first-order valence-corrected chi connectivity index (χ1v) is 27.9. The number of nitrogens with two attached hydrogens (primary N) is 1. The number of aromatic carboxylic acids is 1. The third-order valence-corrected chi connectivity index (χ3v) is 16.2. The summed E-state index contributed by atoms with van der Waals surface area (Å²) in [4.78, 5) is 91.6. The second-order valence-corrected chi connectivity index (χ2v) is 21.7. The number of anilines is 6. The molecule has 21 nitrogen and oxygen atoms in total.